The quantitative estimate of drug-likeness (QED) is 0.499. The predicted octanol–water partition coefficient (Wildman–Crippen LogP) is 4.63. The van der Waals surface area contributed by atoms with Crippen LogP contribution in [0.4, 0.5) is 5.69 Å². The van der Waals surface area contributed by atoms with Crippen molar-refractivity contribution in [3.05, 3.63) is 24.5 Å². The number of hydrogen-bond acceptors (Lipinski definition) is 6. The van der Waals surface area contributed by atoms with Crippen LogP contribution in [0, 0.1) is 0 Å². The van der Waals surface area contributed by atoms with E-state index in [-0.39, 0.29) is 11.7 Å². The van der Waals surface area contributed by atoms with Crippen LogP contribution in [0.3, 0.4) is 0 Å². The first-order chi connectivity index (χ1) is 14.2. The molecule has 1 saturated carbocycles. The summed E-state index contributed by atoms with van der Waals surface area (Å²) >= 11 is 1.40. The zero-order valence-electron chi connectivity index (χ0n) is 16.9. The van der Waals surface area contributed by atoms with Crippen LogP contribution in [0.25, 0.3) is 0 Å². The Morgan fingerprint density at radius 1 is 1.21 bits per heavy atom. The summed E-state index contributed by atoms with van der Waals surface area (Å²) in [6.45, 7) is 3.06. The number of aryl methyl sites for hydroxylation is 1. The van der Waals surface area contributed by atoms with Crippen molar-refractivity contribution in [2.24, 2.45) is 0 Å². The van der Waals surface area contributed by atoms with E-state index >= 15 is 0 Å². The third-order valence-electron chi connectivity index (χ3n) is 5.35. The standard InChI is InChI=1S/C21H28N4O3S/c1-2-3-7-12-25-15-22-24-20(25)29-14-19(26)23-16-8-9-17-18(13-16)28-21(27-17)10-5-4-6-11-21/h8-9,13,15H,2-7,10-12,14H2,1H3,(H,23,26). The first kappa shape index (κ1) is 20.1. The van der Waals surface area contributed by atoms with Crippen molar-refractivity contribution >= 4 is 23.4 Å². The van der Waals surface area contributed by atoms with Crippen LogP contribution in [-0.2, 0) is 11.3 Å². The Hall–Kier alpha value is -2.22. The number of unbranched alkanes of at least 4 members (excludes halogenated alkanes) is 2. The monoisotopic (exact) mass is 416 g/mol. The molecule has 0 saturated heterocycles. The SMILES string of the molecule is CCCCCn1cnnc1SCC(=O)Nc1ccc2c(c1)OC1(CCCCC1)O2. The summed E-state index contributed by atoms with van der Waals surface area (Å²) in [4.78, 5) is 12.4. The molecule has 1 amide bonds. The molecule has 0 radical (unpaired) electrons. The fourth-order valence-corrected chi connectivity index (χ4v) is 4.58. The molecule has 7 nitrogen and oxygen atoms in total. The van der Waals surface area contributed by atoms with Gasteiger partial charge in [-0.2, -0.15) is 0 Å². The van der Waals surface area contributed by atoms with Gasteiger partial charge in [0.05, 0.1) is 5.75 Å². The van der Waals surface area contributed by atoms with E-state index in [0.717, 1.165) is 55.2 Å². The van der Waals surface area contributed by atoms with E-state index in [1.54, 1.807) is 6.33 Å². The van der Waals surface area contributed by atoms with Gasteiger partial charge in [0, 0.05) is 31.1 Å². The minimum Gasteiger partial charge on any atom is -0.448 e. The van der Waals surface area contributed by atoms with Crippen LogP contribution in [0.5, 0.6) is 11.5 Å². The summed E-state index contributed by atoms with van der Waals surface area (Å²) in [7, 11) is 0. The second kappa shape index (κ2) is 9.07. The zero-order valence-corrected chi connectivity index (χ0v) is 17.7. The smallest absolute Gasteiger partial charge is 0.251 e. The van der Waals surface area contributed by atoms with Crippen molar-refractivity contribution in [3.63, 3.8) is 0 Å². The topological polar surface area (TPSA) is 78.3 Å². The molecule has 2 aliphatic rings. The van der Waals surface area contributed by atoms with Gasteiger partial charge in [-0.05, 0) is 31.4 Å². The number of nitrogens with one attached hydrogen (secondary N) is 1. The number of nitrogens with zero attached hydrogens (tertiary/aromatic N) is 3. The summed E-state index contributed by atoms with van der Waals surface area (Å²) in [5.74, 6) is 1.18. The molecule has 8 heteroatoms. The van der Waals surface area contributed by atoms with Gasteiger partial charge in [0.2, 0.25) is 5.91 Å². The van der Waals surface area contributed by atoms with Gasteiger partial charge in [0.1, 0.15) is 6.33 Å². The van der Waals surface area contributed by atoms with Gasteiger partial charge in [-0.25, -0.2) is 0 Å². The summed E-state index contributed by atoms with van der Waals surface area (Å²) in [6.07, 6.45) is 10.5. The molecule has 1 aliphatic carbocycles. The van der Waals surface area contributed by atoms with Gasteiger partial charge in [-0.15, -0.1) is 10.2 Å². The Kier molecular flexibility index (Phi) is 6.28. The van der Waals surface area contributed by atoms with Crippen LogP contribution < -0.4 is 14.8 Å². The number of ether oxygens (including phenoxy) is 2. The number of benzene rings is 1. The Bertz CT molecular complexity index is 848. The fourth-order valence-electron chi connectivity index (χ4n) is 3.83. The number of thioether (sulfide) groups is 1. The Labute approximate surface area is 175 Å². The third-order valence-corrected chi connectivity index (χ3v) is 6.33. The van der Waals surface area contributed by atoms with Crippen molar-refractivity contribution in [1.82, 2.24) is 14.8 Å². The normalized spacial score (nSPS) is 16.9. The molecule has 29 heavy (non-hydrogen) atoms. The molecule has 0 bridgehead atoms. The number of carbonyl (C=O) groups excluding carboxylic acids is 1. The molecule has 1 spiro atoms. The minimum atomic E-state index is -0.499. The lowest BCUT2D eigenvalue weighted by molar-refractivity contribution is -0.113. The largest absolute Gasteiger partial charge is 0.448 e. The number of fused-ring (bicyclic) bond motifs is 1. The average molecular weight is 417 g/mol. The van der Waals surface area contributed by atoms with Crippen molar-refractivity contribution in [1.29, 1.82) is 0 Å². The second-order valence-electron chi connectivity index (χ2n) is 7.69. The maximum Gasteiger partial charge on any atom is 0.251 e. The number of rotatable bonds is 8. The van der Waals surface area contributed by atoms with Crippen LogP contribution >= 0.6 is 11.8 Å². The first-order valence-corrected chi connectivity index (χ1v) is 11.5. The van der Waals surface area contributed by atoms with E-state index < -0.39 is 5.79 Å². The van der Waals surface area contributed by atoms with Crippen molar-refractivity contribution in [3.8, 4) is 11.5 Å². The highest BCUT2D eigenvalue weighted by Crippen LogP contribution is 2.46. The summed E-state index contributed by atoms with van der Waals surface area (Å²) in [6, 6.07) is 5.60. The molecule has 1 aromatic carbocycles. The highest BCUT2D eigenvalue weighted by atomic mass is 32.2. The second-order valence-corrected chi connectivity index (χ2v) is 8.63. The highest BCUT2D eigenvalue weighted by Gasteiger charge is 2.42. The molecule has 0 unspecified atom stereocenters. The zero-order chi connectivity index (χ0) is 20.1. The molecule has 156 valence electrons. The number of amides is 1. The molecular weight excluding hydrogens is 388 g/mol. The van der Waals surface area contributed by atoms with Crippen LogP contribution in [0.1, 0.15) is 58.3 Å². The molecule has 1 aliphatic heterocycles. The molecule has 0 atom stereocenters. The average Bonchev–Trinajstić information content (AvgIpc) is 3.30. The van der Waals surface area contributed by atoms with E-state index in [4.69, 9.17) is 9.47 Å². The van der Waals surface area contributed by atoms with E-state index in [1.165, 1.54) is 31.0 Å². The summed E-state index contributed by atoms with van der Waals surface area (Å²) in [5, 5.41) is 11.8. The van der Waals surface area contributed by atoms with E-state index in [1.807, 2.05) is 22.8 Å². The van der Waals surface area contributed by atoms with Gasteiger partial charge in [0.25, 0.3) is 5.79 Å². The number of carbonyl (C=O) groups is 1. The molecule has 4 rings (SSSR count). The molecule has 2 heterocycles. The van der Waals surface area contributed by atoms with Gasteiger partial charge in [-0.1, -0.05) is 37.9 Å². The molecule has 1 aromatic heterocycles. The third kappa shape index (κ3) is 4.86. The van der Waals surface area contributed by atoms with E-state index in [9.17, 15) is 4.79 Å². The van der Waals surface area contributed by atoms with Crippen molar-refractivity contribution < 1.29 is 14.3 Å². The van der Waals surface area contributed by atoms with Crippen molar-refractivity contribution in [2.45, 2.75) is 75.8 Å². The van der Waals surface area contributed by atoms with Gasteiger partial charge < -0.3 is 19.4 Å². The van der Waals surface area contributed by atoms with Gasteiger partial charge in [-0.3, -0.25) is 4.79 Å². The first-order valence-electron chi connectivity index (χ1n) is 10.5. The van der Waals surface area contributed by atoms with E-state index in [2.05, 4.69) is 22.4 Å². The van der Waals surface area contributed by atoms with Gasteiger partial charge in [0.15, 0.2) is 16.7 Å². The lowest BCUT2D eigenvalue weighted by Gasteiger charge is -2.31. The molecule has 1 fully saturated rings. The maximum atomic E-state index is 12.4. The van der Waals surface area contributed by atoms with Gasteiger partial charge >= 0.3 is 0 Å². The summed E-state index contributed by atoms with van der Waals surface area (Å²) in [5.41, 5.74) is 0.718. The lowest BCUT2D eigenvalue weighted by atomic mass is 9.94. The van der Waals surface area contributed by atoms with Crippen molar-refractivity contribution in [2.75, 3.05) is 11.1 Å². The Morgan fingerprint density at radius 3 is 2.86 bits per heavy atom. The maximum absolute atomic E-state index is 12.4. The molecule has 2 aromatic rings. The lowest BCUT2D eigenvalue weighted by Crippen LogP contribution is -2.40. The number of aromatic nitrogens is 3. The van der Waals surface area contributed by atoms with Crippen LogP contribution in [0.2, 0.25) is 0 Å². The Balaban J connectivity index is 1.30. The fraction of sp³-hybridized carbons (Fsp3) is 0.571. The molecule has 1 N–H and O–H groups in total. The molecular formula is C21H28N4O3S. The summed E-state index contributed by atoms with van der Waals surface area (Å²) < 4.78 is 14.2. The highest BCUT2D eigenvalue weighted by molar-refractivity contribution is 7.99. The minimum absolute atomic E-state index is 0.0793. The van der Waals surface area contributed by atoms with Crippen LogP contribution in [0.15, 0.2) is 29.7 Å². The number of hydrogen-bond donors (Lipinski definition) is 1. The van der Waals surface area contributed by atoms with E-state index in [0.29, 0.717) is 5.75 Å². The predicted molar refractivity (Wildman–Crippen MR) is 112 cm³/mol. The Morgan fingerprint density at radius 2 is 2.03 bits per heavy atom. The van der Waals surface area contributed by atoms with Crippen LogP contribution in [-0.4, -0.2) is 32.2 Å². The number of anilines is 1.